The molecule has 0 bridgehead atoms. The second kappa shape index (κ2) is 6.21. The van der Waals surface area contributed by atoms with Crippen molar-refractivity contribution in [3.63, 3.8) is 0 Å². The molecule has 2 aromatic rings. The van der Waals surface area contributed by atoms with Crippen molar-refractivity contribution in [2.24, 2.45) is 0 Å². The van der Waals surface area contributed by atoms with Crippen LogP contribution in [0.25, 0.3) is 0 Å². The maximum Gasteiger partial charge on any atom is 0.221 e. The Balaban J connectivity index is 2.62. The number of benzene rings is 2. The summed E-state index contributed by atoms with van der Waals surface area (Å²) in [6.07, 6.45) is 0. The molecule has 1 amide bonds. The lowest BCUT2D eigenvalue weighted by molar-refractivity contribution is -0.255. The minimum absolute atomic E-state index is 0.0518. The first-order valence-electron chi connectivity index (χ1n) is 6.66. The van der Waals surface area contributed by atoms with Crippen molar-refractivity contribution in [3.05, 3.63) is 53.6 Å². The number of anilines is 1. The van der Waals surface area contributed by atoms with Gasteiger partial charge in [-0.1, -0.05) is 23.8 Å². The average molecular weight is 332 g/mol. The van der Waals surface area contributed by atoms with E-state index in [9.17, 15) is 23.1 Å². The van der Waals surface area contributed by atoms with Crippen LogP contribution in [0.2, 0.25) is 0 Å². The molecule has 0 aliphatic heterocycles. The zero-order valence-electron chi connectivity index (χ0n) is 12.5. The Morgan fingerprint density at radius 2 is 1.65 bits per heavy atom. The van der Waals surface area contributed by atoms with Crippen LogP contribution in [0.5, 0.6) is 0 Å². The molecule has 0 atom stereocenters. The molecular formula is C16H14NO5S-. The van der Waals surface area contributed by atoms with Crippen molar-refractivity contribution in [3.8, 4) is 0 Å². The summed E-state index contributed by atoms with van der Waals surface area (Å²) < 4.78 is 25.4. The Morgan fingerprint density at radius 3 is 2.17 bits per heavy atom. The summed E-state index contributed by atoms with van der Waals surface area (Å²) in [7, 11) is -3.90. The van der Waals surface area contributed by atoms with Crippen LogP contribution >= 0.6 is 0 Å². The van der Waals surface area contributed by atoms with Gasteiger partial charge in [0.2, 0.25) is 15.7 Å². The average Bonchev–Trinajstić information content (AvgIpc) is 2.46. The highest BCUT2D eigenvalue weighted by molar-refractivity contribution is 7.91. The van der Waals surface area contributed by atoms with Gasteiger partial charge >= 0.3 is 0 Å². The molecule has 6 nitrogen and oxygen atoms in total. The fourth-order valence-electron chi connectivity index (χ4n) is 2.02. The highest BCUT2D eigenvalue weighted by Gasteiger charge is 2.22. The smallest absolute Gasteiger partial charge is 0.221 e. The zero-order valence-corrected chi connectivity index (χ0v) is 13.3. The molecule has 23 heavy (non-hydrogen) atoms. The Hall–Kier alpha value is -2.67. The van der Waals surface area contributed by atoms with Gasteiger partial charge in [0.05, 0.1) is 21.4 Å². The SMILES string of the molecule is CC(=O)Nc1cc(C(=O)[O-])ccc1S(=O)(=O)c1ccc(C)cc1. The maximum absolute atomic E-state index is 12.7. The van der Waals surface area contributed by atoms with Crippen LogP contribution in [0.1, 0.15) is 22.8 Å². The summed E-state index contributed by atoms with van der Waals surface area (Å²) in [6, 6.07) is 9.55. The van der Waals surface area contributed by atoms with Crippen LogP contribution < -0.4 is 10.4 Å². The number of carboxylic acids is 1. The van der Waals surface area contributed by atoms with Gasteiger partial charge in [-0.3, -0.25) is 4.79 Å². The first-order valence-corrected chi connectivity index (χ1v) is 8.15. The highest BCUT2D eigenvalue weighted by Crippen LogP contribution is 2.29. The minimum Gasteiger partial charge on any atom is -0.545 e. The van der Waals surface area contributed by atoms with Crippen LogP contribution in [0.4, 0.5) is 5.69 Å². The lowest BCUT2D eigenvalue weighted by Crippen LogP contribution is -2.23. The molecule has 2 aromatic carbocycles. The number of nitrogens with one attached hydrogen (secondary N) is 1. The summed E-state index contributed by atoms with van der Waals surface area (Å²) >= 11 is 0. The Labute approximate surface area is 133 Å². The monoisotopic (exact) mass is 332 g/mol. The number of aryl methyl sites for hydroxylation is 1. The zero-order chi connectivity index (χ0) is 17.2. The van der Waals surface area contributed by atoms with Crippen molar-refractivity contribution in [2.75, 3.05) is 5.32 Å². The van der Waals surface area contributed by atoms with E-state index in [1.165, 1.54) is 19.1 Å². The number of carbonyl (C=O) groups excluding carboxylic acids is 2. The van der Waals surface area contributed by atoms with Gasteiger partial charge in [-0.2, -0.15) is 0 Å². The van der Waals surface area contributed by atoms with Gasteiger partial charge in [-0.25, -0.2) is 8.42 Å². The fourth-order valence-corrected chi connectivity index (χ4v) is 3.42. The van der Waals surface area contributed by atoms with Gasteiger partial charge < -0.3 is 15.2 Å². The van der Waals surface area contributed by atoms with E-state index in [2.05, 4.69) is 5.32 Å². The van der Waals surface area contributed by atoms with Crippen LogP contribution in [0.15, 0.2) is 52.3 Å². The van der Waals surface area contributed by atoms with E-state index >= 15 is 0 Å². The summed E-state index contributed by atoms with van der Waals surface area (Å²) in [4.78, 5) is 22.1. The Bertz CT molecular complexity index is 870. The molecule has 0 fully saturated rings. The molecule has 2 rings (SSSR count). The normalized spacial score (nSPS) is 11.0. The molecule has 0 radical (unpaired) electrons. The summed E-state index contributed by atoms with van der Waals surface area (Å²) in [5.41, 5.74) is 0.578. The topological polar surface area (TPSA) is 103 Å². The molecule has 0 saturated heterocycles. The van der Waals surface area contributed by atoms with Gasteiger partial charge in [0.25, 0.3) is 0 Å². The van der Waals surface area contributed by atoms with Crippen LogP contribution in [0, 0.1) is 6.92 Å². The number of carbonyl (C=O) groups is 2. The van der Waals surface area contributed by atoms with E-state index in [4.69, 9.17) is 0 Å². The predicted molar refractivity (Wildman–Crippen MR) is 81.7 cm³/mol. The first kappa shape index (κ1) is 16.7. The maximum atomic E-state index is 12.7. The first-order chi connectivity index (χ1) is 10.7. The number of aromatic carboxylic acids is 1. The van der Waals surface area contributed by atoms with Gasteiger partial charge in [0.15, 0.2) is 0 Å². The van der Waals surface area contributed by atoms with E-state index in [0.29, 0.717) is 0 Å². The van der Waals surface area contributed by atoms with Crippen molar-refractivity contribution in [1.82, 2.24) is 0 Å². The van der Waals surface area contributed by atoms with Gasteiger partial charge in [0, 0.05) is 6.92 Å². The summed E-state index contributed by atoms with van der Waals surface area (Å²) in [6.45, 7) is 3.03. The number of amides is 1. The predicted octanol–water partition coefficient (Wildman–Crippen LogP) is 1.15. The Kier molecular flexibility index (Phi) is 4.51. The lowest BCUT2D eigenvalue weighted by atomic mass is 10.2. The van der Waals surface area contributed by atoms with Crippen LogP contribution in [-0.4, -0.2) is 20.3 Å². The van der Waals surface area contributed by atoms with Crippen LogP contribution in [-0.2, 0) is 14.6 Å². The molecule has 0 spiro atoms. The van der Waals surface area contributed by atoms with Crippen molar-refractivity contribution in [2.45, 2.75) is 23.6 Å². The third kappa shape index (κ3) is 3.57. The van der Waals surface area contributed by atoms with E-state index < -0.39 is 21.7 Å². The standard InChI is InChI=1S/C16H15NO5S/c1-10-3-6-13(7-4-10)23(21,22)15-8-5-12(16(19)20)9-14(15)17-11(2)18/h3-9H,1-2H3,(H,17,18)(H,19,20)/p-1. The Morgan fingerprint density at radius 1 is 1.04 bits per heavy atom. The number of carboxylic acid groups (broad SMARTS) is 1. The van der Waals surface area contributed by atoms with Crippen molar-refractivity contribution < 1.29 is 23.1 Å². The van der Waals surface area contributed by atoms with Gasteiger partial charge in [0.1, 0.15) is 0 Å². The summed E-state index contributed by atoms with van der Waals surface area (Å²) in [5.74, 6) is -1.98. The number of hydrogen-bond acceptors (Lipinski definition) is 5. The van der Waals surface area contributed by atoms with Crippen LogP contribution in [0.3, 0.4) is 0 Å². The number of rotatable bonds is 4. The third-order valence-electron chi connectivity index (χ3n) is 3.15. The second-order valence-corrected chi connectivity index (χ2v) is 6.91. The van der Waals surface area contributed by atoms with E-state index in [0.717, 1.165) is 23.8 Å². The molecule has 7 heteroatoms. The molecule has 0 aliphatic rings. The largest absolute Gasteiger partial charge is 0.545 e. The highest BCUT2D eigenvalue weighted by atomic mass is 32.2. The van der Waals surface area contributed by atoms with E-state index in [1.807, 2.05) is 6.92 Å². The molecule has 120 valence electrons. The van der Waals surface area contributed by atoms with E-state index in [-0.39, 0.29) is 21.0 Å². The quantitative estimate of drug-likeness (QED) is 0.904. The molecule has 1 N–H and O–H groups in total. The van der Waals surface area contributed by atoms with Gasteiger partial charge in [-0.15, -0.1) is 0 Å². The number of sulfone groups is 1. The van der Waals surface area contributed by atoms with Gasteiger partial charge in [-0.05, 0) is 36.8 Å². The molecule has 0 heterocycles. The molecule has 0 aliphatic carbocycles. The minimum atomic E-state index is -3.90. The van der Waals surface area contributed by atoms with Crippen molar-refractivity contribution >= 4 is 27.4 Å². The molecular weight excluding hydrogens is 318 g/mol. The summed E-state index contributed by atoms with van der Waals surface area (Å²) in [5, 5.41) is 13.3. The fraction of sp³-hybridized carbons (Fsp3) is 0.125. The van der Waals surface area contributed by atoms with Crippen molar-refractivity contribution in [1.29, 1.82) is 0 Å². The molecule has 0 saturated carbocycles. The van der Waals surface area contributed by atoms with E-state index in [1.54, 1.807) is 12.1 Å². The molecule has 0 unspecified atom stereocenters. The number of hydrogen-bond donors (Lipinski definition) is 1. The second-order valence-electron chi connectivity index (χ2n) is 5.00. The third-order valence-corrected chi connectivity index (χ3v) is 4.97. The lowest BCUT2D eigenvalue weighted by Gasteiger charge is -2.13. The molecule has 0 aromatic heterocycles.